The molecule has 0 atom stereocenters. The highest BCUT2D eigenvalue weighted by atomic mass is 15.1. The summed E-state index contributed by atoms with van der Waals surface area (Å²) in [6, 6.07) is 7.22. The Hall–Kier alpha value is -0.860. The minimum absolute atomic E-state index is 1.15. The Kier molecular flexibility index (Phi) is 5.32. The molecule has 1 aromatic carbocycles. The molecule has 2 fully saturated rings. The molecule has 0 radical (unpaired) electrons. The molecule has 0 N–H and O–H groups in total. The number of benzene rings is 1. The second-order valence-corrected chi connectivity index (χ2v) is 7.00. The molecule has 2 nitrogen and oxygen atoms in total. The zero-order chi connectivity index (χ0) is 14.5. The van der Waals surface area contributed by atoms with E-state index in [9.17, 15) is 0 Å². The molecule has 0 saturated carbocycles. The first-order chi connectivity index (χ1) is 10.3. The minimum Gasteiger partial charge on any atom is -0.299 e. The Morgan fingerprint density at radius 2 is 1.10 bits per heavy atom. The summed E-state index contributed by atoms with van der Waals surface area (Å²) < 4.78 is 0. The lowest BCUT2D eigenvalue weighted by Crippen LogP contribution is -2.30. The van der Waals surface area contributed by atoms with Gasteiger partial charge in [-0.3, -0.25) is 9.80 Å². The summed E-state index contributed by atoms with van der Waals surface area (Å²) in [5.41, 5.74) is 4.46. The Balaban J connectivity index is 1.63. The van der Waals surface area contributed by atoms with E-state index in [1.807, 2.05) is 0 Å². The molecule has 0 aromatic heterocycles. The van der Waals surface area contributed by atoms with Crippen LogP contribution in [0.1, 0.15) is 55.2 Å². The third-order valence-electron chi connectivity index (χ3n) is 4.91. The van der Waals surface area contributed by atoms with Gasteiger partial charge in [-0.15, -0.1) is 0 Å². The van der Waals surface area contributed by atoms with Gasteiger partial charge < -0.3 is 0 Å². The molecule has 21 heavy (non-hydrogen) atoms. The molecule has 1 aromatic rings. The number of rotatable bonds is 4. The van der Waals surface area contributed by atoms with E-state index in [-0.39, 0.29) is 0 Å². The van der Waals surface area contributed by atoms with Gasteiger partial charge in [0.1, 0.15) is 0 Å². The Morgan fingerprint density at radius 1 is 0.667 bits per heavy atom. The Morgan fingerprint density at radius 3 is 1.52 bits per heavy atom. The van der Waals surface area contributed by atoms with Crippen molar-refractivity contribution in [3.63, 3.8) is 0 Å². The summed E-state index contributed by atoms with van der Waals surface area (Å²) in [7, 11) is 0. The van der Waals surface area contributed by atoms with Crippen LogP contribution in [0.25, 0.3) is 0 Å². The number of piperidine rings is 2. The third kappa shape index (κ3) is 4.55. The number of nitrogens with zero attached hydrogens (tertiary/aromatic N) is 2. The first-order valence-corrected chi connectivity index (χ1v) is 8.84. The molecule has 3 rings (SSSR count). The van der Waals surface area contributed by atoms with Crippen LogP contribution < -0.4 is 0 Å². The van der Waals surface area contributed by atoms with Crippen molar-refractivity contribution < 1.29 is 0 Å². The molecule has 0 bridgehead atoms. The summed E-state index contributed by atoms with van der Waals surface area (Å²) in [5.74, 6) is 0. The summed E-state index contributed by atoms with van der Waals surface area (Å²) in [6.07, 6.45) is 8.37. The highest BCUT2D eigenvalue weighted by Crippen LogP contribution is 2.18. The maximum atomic E-state index is 2.63. The Labute approximate surface area is 130 Å². The summed E-state index contributed by atoms with van der Waals surface area (Å²) >= 11 is 0. The topological polar surface area (TPSA) is 6.48 Å². The molecule has 0 spiro atoms. The lowest BCUT2D eigenvalue weighted by Gasteiger charge is -2.28. The molecule has 2 aliphatic heterocycles. The molecule has 116 valence electrons. The summed E-state index contributed by atoms with van der Waals surface area (Å²) in [5, 5.41) is 0. The summed E-state index contributed by atoms with van der Waals surface area (Å²) in [4.78, 5) is 5.26. The summed E-state index contributed by atoms with van der Waals surface area (Å²) in [6.45, 7) is 9.69. The SMILES string of the molecule is Cc1cc(CN2CCCCC2)cc(CN2CCCCC2)c1. The zero-order valence-corrected chi connectivity index (χ0v) is 13.6. The predicted molar refractivity (Wildman–Crippen MR) is 89.4 cm³/mol. The number of hydrogen-bond donors (Lipinski definition) is 0. The van der Waals surface area contributed by atoms with Crippen molar-refractivity contribution in [2.24, 2.45) is 0 Å². The average Bonchev–Trinajstić information content (AvgIpc) is 2.48. The van der Waals surface area contributed by atoms with Crippen LogP contribution >= 0.6 is 0 Å². The maximum absolute atomic E-state index is 2.63. The van der Waals surface area contributed by atoms with Crippen molar-refractivity contribution >= 4 is 0 Å². The van der Waals surface area contributed by atoms with Crippen LogP contribution in [0, 0.1) is 6.92 Å². The molecule has 0 aliphatic carbocycles. The van der Waals surface area contributed by atoms with Crippen LogP contribution in [0.4, 0.5) is 0 Å². The van der Waals surface area contributed by atoms with Gasteiger partial charge in [0, 0.05) is 13.1 Å². The molecule has 2 saturated heterocycles. The number of likely N-dealkylation sites (tertiary alicyclic amines) is 2. The van der Waals surface area contributed by atoms with E-state index >= 15 is 0 Å². The van der Waals surface area contributed by atoms with E-state index < -0.39 is 0 Å². The van der Waals surface area contributed by atoms with Crippen molar-refractivity contribution in [2.45, 2.75) is 58.5 Å². The fourth-order valence-electron chi connectivity index (χ4n) is 3.88. The Bertz CT molecular complexity index is 405. The van der Waals surface area contributed by atoms with Crippen molar-refractivity contribution in [1.82, 2.24) is 9.80 Å². The molecule has 2 heterocycles. The van der Waals surface area contributed by atoms with Gasteiger partial charge in [0.25, 0.3) is 0 Å². The standard InChI is InChI=1S/C19H30N2/c1-17-12-18(15-20-8-4-2-5-9-20)14-19(13-17)16-21-10-6-3-7-11-21/h12-14H,2-11,15-16H2,1H3. The van der Waals surface area contributed by atoms with Crippen LogP contribution in [-0.2, 0) is 13.1 Å². The van der Waals surface area contributed by atoms with E-state index in [4.69, 9.17) is 0 Å². The number of hydrogen-bond acceptors (Lipinski definition) is 2. The second kappa shape index (κ2) is 7.42. The van der Waals surface area contributed by atoms with Gasteiger partial charge in [-0.2, -0.15) is 0 Å². The monoisotopic (exact) mass is 286 g/mol. The predicted octanol–water partition coefficient (Wildman–Crippen LogP) is 3.97. The van der Waals surface area contributed by atoms with Crippen molar-refractivity contribution in [3.05, 3.63) is 34.9 Å². The average molecular weight is 286 g/mol. The lowest BCUT2D eigenvalue weighted by atomic mass is 10.0. The van der Waals surface area contributed by atoms with Crippen LogP contribution in [0.2, 0.25) is 0 Å². The van der Waals surface area contributed by atoms with E-state index in [0.29, 0.717) is 0 Å². The third-order valence-corrected chi connectivity index (χ3v) is 4.91. The van der Waals surface area contributed by atoms with E-state index in [1.165, 1.54) is 81.4 Å². The second-order valence-electron chi connectivity index (χ2n) is 7.00. The van der Waals surface area contributed by atoms with Crippen molar-refractivity contribution in [1.29, 1.82) is 0 Å². The van der Waals surface area contributed by atoms with E-state index in [1.54, 1.807) is 0 Å². The van der Waals surface area contributed by atoms with Crippen LogP contribution in [0.5, 0.6) is 0 Å². The quantitative estimate of drug-likeness (QED) is 0.826. The highest BCUT2D eigenvalue weighted by Gasteiger charge is 2.13. The fraction of sp³-hybridized carbons (Fsp3) is 0.684. The van der Waals surface area contributed by atoms with Crippen molar-refractivity contribution in [2.75, 3.05) is 26.2 Å². The molecule has 0 unspecified atom stereocenters. The molecular weight excluding hydrogens is 256 g/mol. The van der Waals surface area contributed by atoms with Gasteiger partial charge in [0.15, 0.2) is 0 Å². The normalized spacial score (nSPS) is 21.6. The van der Waals surface area contributed by atoms with Gasteiger partial charge in [-0.05, 0) is 69.9 Å². The lowest BCUT2D eigenvalue weighted by molar-refractivity contribution is 0.217. The van der Waals surface area contributed by atoms with Gasteiger partial charge in [-0.1, -0.05) is 36.6 Å². The van der Waals surface area contributed by atoms with Gasteiger partial charge in [0.2, 0.25) is 0 Å². The smallest absolute Gasteiger partial charge is 0.0233 e. The van der Waals surface area contributed by atoms with Crippen LogP contribution in [0.3, 0.4) is 0 Å². The highest BCUT2D eigenvalue weighted by molar-refractivity contribution is 5.29. The van der Waals surface area contributed by atoms with Crippen LogP contribution in [-0.4, -0.2) is 36.0 Å². The minimum atomic E-state index is 1.15. The van der Waals surface area contributed by atoms with E-state index in [2.05, 4.69) is 34.9 Å². The first kappa shape index (κ1) is 15.1. The van der Waals surface area contributed by atoms with Gasteiger partial charge in [-0.25, -0.2) is 0 Å². The molecule has 0 amide bonds. The van der Waals surface area contributed by atoms with E-state index in [0.717, 1.165) is 13.1 Å². The first-order valence-electron chi connectivity index (χ1n) is 8.84. The largest absolute Gasteiger partial charge is 0.299 e. The van der Waals surface area contributed by atoms with Crippen LogP contribution in [0.15, 0.2) is 18.2 Å². The fourth-order valence-corrected chi connectivity index (χ4v) is 3.88. The van der Waals surface area contributed by atoms with Crippen molar-refractivity contribution in [3.8, 4) is 0 Å². The van der Waals surface area contributed by atoms with Gasteiger partial charge >= 0.3 is 0 Å². The molecule has 2 heteroatoms. The zero-order valence-electron chi connectivity index (χ0n) is 13.6. The molecular formula is C19H30N2. The maximum Gasteiger partial charge on any atom is 0.0233 e. The molecule has 2 aliphatic rings. The van der Waals surface area contributed by atoms with Gasteiger partial charge in [0.05, 0.1) is 0 Å². The number of aryl methyl sites for hydroxylation is 1.